The van der Waals surface area contributed by atoms with Crippen molar-refractivity contribution in [2.24, 2.45) is 0 Å². The largest absolute Gasteiger partial charge is 0.366 e. The molecule has 0 spiro atoms. The predicted octanol–water partition coefficient (Wildman–Crippen LogP) is -0.393. The zero-order valence-electron chi connectivity index (χ0n) is 7.44. The number of hydrogen-bond donors (Lipinski definition) is 3. The maximum atomic E-state index is 11.0. The Balaban J connectivity index is 3.37. The topological polar surface area (TPSA) is 53.2 Å². The third-order valence-electron chi connectivity index (χ3n) is 1.21. The van der Waals surface area contributed by atoms with Crippen molar-refractivity contribution in [3.8, 4) is 0 Å². The molecule has 3 N–H and O–H groups in total. The maximum absolute atomic E-state index is 11.0. The summed E-state index contributed by atoms with van der Waals surface area (Å²) >= 11 is 4.78. The first kappa shape index (κ1) is 11.2. The fourth-order valence-corrected chi connectivity index (χ4v) is 0.648. The molecule has 0 bridgehead atoms. The summed E-state index contributed by atoms with van der Waals surface area (Å²) in [6.45, 7) is 2.96. The monoisotopic (exact) mass is 189 g/mol. The summed E-state index contributed by atoms with van der Waals surface area (Å²) in [6.07, 6.45) is 0.947. The van der Waals surface area contributed by atoms with E-state index in [1.165, 1.54) is 0 Å². The molecular weight excluding hydrogens is 174 g/mol. The molecule has 12 heavy (non-hydrogen) atoms. The molecule has 4 nitrogen and oxygen atoms in total. The average molecular weight is 189 g/mol. The van der Waals surface area contributed by atoms with Gasteiger partial charge in [-0.1, -0.05) is 6.92 Å². The average Bonchev–Trinajstić information content (AvgIpc) is 2.10. The molecule has 0 aromatic carbocycles. The van der Waals surface area contributed by atoms with Crippen LogP contribution in [0, 0.1) is 0 Å². The molecule has 0 radical (unpaired) electrons. The van der Waals surface area contributed by atoms with Crippen LogP contribution in [0.15, 0.2) is 0 Å². The smallest absolute Gasteiger partial charge is 0.239 e. The van der Waals surface area contributed by atoms with Gasteiger partial charge in [-0.05, 0) is 18.6 Å². The van der Waals surface area contributed by atoms with Crippen LogP contribution in [0.1, 0.15) is 13.3 Å². The van der Waals surface area contributed by atoms with Crippen LogP contribution < -0.4 is 16.0 Å². The van der Waals surface area contributed by atoms with Crippen LogP contribution in [0.2, 0.25) is 0 Å². The van der Waals surface area contributed by atoms with Gasteiger partial charge in [-0.3, -0.25) is 4.79 Å². The number of amides is 1. The summed E-state index contributed by atoms with van der Waals surface area (Å²) in [5.74, 6) is -0.0329. The zero-order chi connectivity index (χ0) is 9.40. The first-order chi connectivity index (χ1) is 5.70. The highest BCUT2D eigenvalue weighted by atomic mass is 32.1. The normalized spacial score (nSPS) is 8.83. The Labute approximate surface area is 78.1 Å². The molecule has 0 aliphatic rings. The number of carbonyl (C=O) groups excluding carboxylic acids is 1. The van der Waals surface area contributed by atoms with E-state index in [0.717, 1.165) is 6.42 Å². The van der Waals surface area contributed by atoms with Gasteiger partial charge in [0.15, 0.2) is 5.11 Å². The Morgan fingerprint density at radius 3 is 2.58 bits per heavy atom. The molecule has 70 valence electrons. The molecule has 0 unspecified atom stereocenters. The van der Waals surface area contributed by atoms with Crippen molar-refractivity contribution in [3.05, 3.63) is 0 Å². The Morgan fingerprint density at radius 2 is 2.08 bits per heavy atom. The molecule has 0 aromatic heterocycles. The van der Waals surface area contributed by atoms with Crippen LogP contribution in [0.4, 0.5) is 0 Å². The van der Waals surface area contributed by atoms with Crippen molar-refractivity contribution in [2.45, 2.75) is 13.3 Å². The minimum atomic E-state index is -0.0329. The summed E-state index contributed by atoms with van der Waals surface area (Å²) in [6, 6.07) is 0. The first-order valence-electron chi connectivity index (χ1n) is 3.93. The van der Waals surface area contributed by atoms with E-state index in [4.69, 9.17) is 12.2 Å². The lowest BCUT2D eigenvalue weighted by Gasteiger charge is -2.06. The summed E-state index contributed by atoms with van der Waals surface area (Å²) in [4.78, 5) is 11.0. The van der Waals surface area contributed by atoms with E-state index in [1.54, 1.807) is 7.05 Å². The van der Waals surface area contributed by atoms with Gasteiger partial charge in [0.1, 0.15) is 0 Å². The third kappa shape index (κ3) is 5.91. The molecule has 0 saturated heterocycles. The van der Waals surface area contributed by atoms with Crippen LogP contribution in [0.3, 0.4) is 0 Å². The second-order valence-electron chi connectivity index (χ2n) is 2.28. The van der Waals surface area contributed by atoms with Crippen molar-refractivity contribution < 1.29 is 4.79 Å². The molecule has 5 heteroatoms. The number of carbonyl (C=O) groups is 1. The van der Waals surface area contributed by atoms with Gasteiger partial charge in [-0.25, -0.2) is 0 Å². The fourth-order valence-electron chi connectivity index (χ4n) is 0.576. The van der Waals surface area contributed by atoms with Crippen LogP contribution in [-0.4, -0.2) is 31.2 Å². The number of rotatable bonds is 4. The van der Waals surface area contributed by atoms with Gasteiger partial charge < -0.3 is 16.0 Å². The Bertz CT molecular complexity index is 161. The Kier molecular flexibility index (Phi) is 6.37. The molecule has 0 heterocycles. The van der Waals surface area contributed by atoms with Crippen molar-refractivity contribution in [2.75, 3.05) is 20.1 Å². The lowest BCUT2D eigenvalue weighted by atomic mass is 10.4. The molecule has 0 aliphatic carbocycles. The predicted molar refractivity (Wildman–Crippen MR) is 53.0 cm³/mol. The van der Waals surface area contributed by atoms with Gasteiger partial charge in [0.2, 0.25) is 5.91 Å². The van der Waals surface area contributed by atoms with Crippen molar-refractivity contribution in [1.82, 2.24) is 16.0 Å². The highest BCUT2D eigenvalue weighted by molar-refractivity contribution is 7.80. The van der Waals surface area contributed by atoms with E-state index >= 15 is 0 Å². The molecule has 0 saturated carbocycles. The standard InChI is InChI=1S/C7H15N3OS/c1-3-4-9-6(11)5-10-7(12)8-2/h3-5H2,1-2H3,(H,9,11)(H2,8,10,12). The number of nitrogens with one attached hydrogen (secondary N) is 3. The van der Waals surface area contributed by atoms with E-state index in [-0.39, 0.29) is 12.5 Å². The van der Waals surface area contributed by atoms with Gasteiger partial charge >= 0.3 is 0 Å². The van der Waals surface area contributed by atoms with E-state index < -0.39 is 0 Å². The fraction of sp³-hybridized carbons (Fsp3) is 0.714. The third-order valence-corrected chi connectivity index (χ3v) is 1.56. The van der Waals surface area contributed by atoms with Gasteiger partial charge in [0.25, 0.3) is 0 Å². The molecule has 0 aliphatic heterocycles. The van der Waals surface area contributed by atoms with Gasteiger partial charge in [-0.2, -0.15) is 0 Å². The van der Waals surface area contributed by atoms with Gasteiger partial charge in [0.05, 0.1) is 6.54 Å². The van der Waals surface area contributed by atoms with E-state index in [0.29, 0.717) is 11.7 Å². The lowest BCUT2D eigenvalue weighted by Crippen LogP contribution is -2.40. The zero-order valence-corrected chi connectivity index (χ0v) is 8.25. The highest BCUT2D eigenvalue weighted by Gasteiger charge is 1.98. The van der Waals surface area contributed by atoms with E-state index in [1.807, 2.05) is 6.92 Å². The second-order valence-corrected chi connectivity index (χ2v) is 2.69. The Morgan fingerprint density at radius 1 is 1.42 bits per heavy atom. The molecular formula is C7H15N3OS. The van der Waals surface area contributed by atoms with Gasteiger partial charge in [0, 0.05) is 13.6 Å². The summed E-state index contributed by atoms with van der Waals surface area (Å²) in [5.41, 5.74) is 0. The minimum absolute atomic E-state index is 0.0329. The molecule has 0 atom stereocenters. The van der Waals surface area contributed by atoms with Crippen molar-refractivity contribution in [1.29, 1.82) is 0 Å². The Hall–Kier alpha value is -0.840. The van der Waals surface area contributed by atoms with Crippen LogP contribution in [0.25, 0.3) is 0 Å². The van der Waals surface area contributed by atoms with E-state index in [2.05, 4.69) is 16.0 Å². The summed E-state index contributed by atoms with van der Waals surface area (Å²) in [7, 11) is 1.71. The molecule has 0 fully saturated rings. The SMILES string of the molecule is CCCNC(=O)CNC(=S)NC. The molecule has 0 rings (SSSR count). The number of thiocarbonyl (C=S) groups is 1. The summed E-state index contributed by atoms with van der Waals surface area (Å²) < 4.78 is 0. The second kappa shape index (κ2) is 6.84. The molecule has 1 amide bonds. The van der Waals surface area contributed by atoms with Crippen molar-refractivity contribution in [3.63, 3.8) is 0 Å². The number of hydrogen-bond acceptors (Lipinski definition) is 2. The molecule has 0 aromatic rings. The van der Waals surface area contributed by atoms with Crippen LogP contribution >= 0.6 is 12.2 Å². The minimum Gasteiger partial charge on any atom is -0.366 e. The summed E-state index contributed by atoms with van der Waals surface area (Å²) in [5, 5.41) is 8.68. The first-order valence-corrected chi connectivity index (χ1v) is 4.33. The quantitative estimate of drug-likeness (QED) is 0.527. The van der Waals surface area contributed by atoms with E-state index in [9.17, 15) is 4.79 Å². The van der Waals surface area contributed by atoms with Crippen LogP contribution in [0.5, 0.6) is 0 Å². The maximum Gasteiger partial charge on any atom is 0.239 e. The van der Waals surface area contributed by atoms with Crippen molar-refractivity contribution >= 4 is 23.2 Å². The highest BCUT2D eigenvalue weighted by Crippen LogP contribution is 1.71. The van der Waals surface area contributed by atoms with Crippen LogP contribution in [-0.2, 0) is 4.79 Å². The lowest BCUT2D eigenvalue weighted by molar-refractivity contribution is -0.119. The van der Waals surface area contributed by atoms with Gasteiger partial charge in [-0.15, -0.1) is 0 Å².